The fourth-order valence-electron chi connectivity index (χ4n) is 4.54. The van der Waals surface area contributed by atoms with E-state index < -0.39 is 17.0 Å². The van der Waals surface area contributed by atoms with Gasteiger partial charge in [0.1, 0.15) is 18.2 Å². The number of rotatable bonds is 4. The van der Waals surface area contributed by atoms with Crippen LogP contribution < -0.4 is 4.90 Å². The van der Waals surface area contributed by atoms with Crippen molar-refractivity contribution >= 4 is 17.5 Å². The zero-order chi connectivity index (χ0) is 23.0. The number of aromatic nitrogens is 2. The molecule has 0 N–H and O–H groups in total. The van der Waals surface area contributed by atoms with Crippen LogP contribution in [0.1, 0.15) is 67.8 Å². The Morgan fingerprint density at radius 2 is 1.78 bits per heavy atom. The Kier molecular flexibility index (Phi) is 5.85. The van der Waals surface area contributed by atoms with Crippen LogP contribution in [0.5, 0.6) is 0 Å². The van der Waals surface area contributed by atoms with Crippen LogP contribution in [0, 0.1) is 10.1 Å². The van der Waals surface area contributed by atoms with Gasteiger partial charge in [-0.05, 0) is 45.2 Å². The summed E-state index contributed by atoms with van der Waals surface area (Å²) in [5, 5.41) is 10.8. The summed E-state index contributed by atoms with van der Waals surface area (Å²) in [7, 11) is 0. The lowest BCUT2D eigenvalue weighted by Crippen LogP contribution is -2.53. The standard InChI is InChI=1S/C23H29N5O4/c1-15-13-18(32-22(29)16-5-7-17(8-6-16)28(30)31)20-19(15)21(25-14-24-20)26-9-11-27(12-10-26)23(2,3)4/h5-8,14-15,18H,9-13H2,1-4H3/t15-,18-/m1/s1. The molecule has 32 heavy (non-hydrogen) atoms. The zero-order valence-corrected chi connectivity index (χ0v) is 18.9. The Morgan fingerprint density at radius 3 is 2.38 bits per heavy atom. The summed E-state index contributed by atoms with van der Waals surface area (Å²) in [6, 6.07) is 5.44. The molecule has 1 saturated heterocycles. The van der Waals surface area contributed by atoms with Crippen molar-refractivity contribution in [2.45, 2.75) is 51.7 Å². The fraction of sp³-hybridized carbons (Fsp3) is 0.522. The second kappa shape index (κ2) is 8.46. The Morgan fingerprint density at radius 1 is 1.12 bits per heavy atom. The first-order valence-corrected chi connectivity index (χ1v) is 11.0. The van der Waals surface area contributed by atoms with Crippen LogP contribution in [0.3, 0.4) is 0 Å². The van der Waals surface area contributed by atoms with Gasteiger partial charge >= 0.3 is 5.97 Å². The van der Waals surface area contributed by atoms with Crippen LogP contribution in [0.15, 0.2) is 30.6 Å². The number of fused-ring (bicyclic) bond motifs is 1. The first kappa shape index (κ1) is 22.1. The molecule has 4 rings (SSSR count). The third-order valence-corrected chi connectivity index (χ3v) is 6.35. The van der Waals surface area contributed by atoms with E-state index in [2.05, 4.69) is 47.5 Å². The molecule has 1 aromatic carbocycles. The van der Waals surface area contributed by atoms with Crippen molar-refractivity contribution in [1.82, 2.24) is 14.9 Å². The van der Waals surface area contributed by atoms with Crippen LogP contribution in [0.25, 0.3) is 0 Å². The second-order valence-corrected chi connectivity index (χ2v) is 9.48. The highest BCUT2D eigenvalue weighted by Crippen LogP contribution is 2.45. The molecule has 1 aromatic heterocycles. The normalized spacial score (nSPS) is 21.3. The molecule has 2 atom stereocenters. The van der Waals surface area contributed by atoms with Crippen molar-refractivity contribution in [2.75, 3.05) is 31.1 Å². The van der Waals surface area contributed by atoms with Crippen LogP contribution in [-0.2, 0) is 4.74 Å². The van der Waals surface area contributed by atoms with E-state index in [1.807, 2.05) is 0 Å². The number of anilines is 1. The van der Waals surface area contributed by atoms with E-state index in [1.54, 1.807) is 6.33 Å². The molecule has 0 spiro atoms. The van der Waals surface area contributed by atoms with Crippen LogP contribution in [0.4, 0.5) is 11.5 Å². The van der Waals surface area contributed by atoms with Crippen molar-refractivity contribution in [2.24, 2.45) is 0 Å². The van der Waals surface area contributed by atoms with Crippen LogP contribution in [0.2, 0.25) is 0 Å². The summed E-state index contributed by atoms with van der Waals surface area (Å²) in [4.78, 5) is 36.9. The second-order valence-electron chi connectivity index (χ2n) is 9.48. The zero-order valence-electron chi connectivity index (χ0n) is 18.9. The molecule has 2 aliphatic rings. The Hall–Kier alpha value is -3.07. The molecule has 170 valence electrons. The predicted molar refractivity (Wildman–Crippen MR) is 120 cm³/mol. The molecule has 0 radical (unpaired) electrons. The summed E-state index contributed by atoms with van der Waals surface area (Å²) in [5.74, 6) is 0.588. The number of carbonyl (C=O) groups excluding carboxylic acids is 1. The van der Waals surface area contributed by atoms with E-state index in [0.29, 0.717) is 6.42 Å². The van der Waals surface area contributed by atoms with Gasteiger partial charge in [0.2, 0.25) is 0 Å². The van der Waals surface area contributed by atoms with Crippen molar-refractivity contribution in [3.63, 3.8) is 0 Å². The minimum atomic E-state index is -0.510. The van der Waals surface area contributed by atoms with Crippen LogP contribution in [-0.4, -0.2) is 57.5 Å². The topological polar surface area (TPSA) is 102 Å². The summed E-state index contributed by atoms with van der Waals surface area (Å²) >= 11 is 0. The van der Waals surface area contributed by atoms with E-state index in [1.165, 1.54) is 24.3 Å². The summed E-state index contributed by atoms with van der Waals surface area (Å²) < 4.78 is 5.77. The number of benzene rings is 1. The van der Waals surface area contributed by atoms with Gasteiger partial charge in [-0.3, -0.25) is 15.0 Å². The summed E-state index contributed by atoms with van der Waals surface area (Å²) in [6.45, 7) is 12.5. The molecule has 9 nitrogen and oxygen atoms in total. The number of nitro groups is 1. The molecule has 0 bridgehead atoms. The molecular weight excluding hydrogens is 410 g/mol. The minimum absolute atomic E-state index is 0.0645. The highest BCUT2D eigenvalue weighted by Gasteiger charge is 2.37. The molecular formula is C23H29N5O4. The number of nitro benzene ring substituents is 1. The number of nitrogens with zero attached hydrogens (tertiary/aromatic N) is 5. The first-order chi connectivity index (χ1) is 15.1. The van der Waals surface area contributed by atoms with Gasteiger partial charge in [0.15, 0.2) is 0 Å². The molecule has 1 aliphatic heterocycles. The molecule has 0 unspecified atom stereocenters. The number of ether oxygens (including phenoxy) is 1. The first-order valence-electron chi connectivity index (χ1n) is 11.0. The Bertz CT molecular complexity index is 1010. The number of carbonyl (C=O) groups is 1. The average molecular weight is 440 g/mol. The smallest absolute Gasteiger partial charge is 0.338 e. The highest BCUT2D eigenvalue weighted by atomic mass is 16.6. The van der Waals surface area contributed by atoms with Gasteiger partial charge in [-0.15, -0.1) is 0 Å². The third kappa shape index (κ3) is 4.29. The lowest BCUT2D eigenvalue weighted by molar-refractivity contribution is -0.384. The fourth-order valence-corrected chi connectivity index (χ4v) is 4.54. The van der Waals surface area contributed by atoms with E-state index in [4.69, 9.17) is 4.74 Å². The molecule has 2 heterocycles. The van der Waals surface area contributed by atoms with Crippen molar-refractivity contribution < 1.29 is 14.5 Å². The SMILES string of the molecule is C[C@@H]1C[C@@H](OC(=O)c2ccc([N+](=O)[O-])cc2)c2ncnc(N3CCN(C(C)(C)C)CC3)c21. The number of hydrogen-bond donors (Lipinski definition) is 0. The van der Waals surface area contributed by atoms with E-state index in [-0.39, 0.29) is 22.7 Å². The number of non-ortho nitro benzene ring substituents is 1. The lowest BCUT2D eigenvalue weighted by Gasteiger charge is -2.43. The Labute approximate surface area is 187 Å². The van der Waals surface area contributed by atoms with Crippen LogP contribution >= 0.6 is 0 Å². The Balaban J connectivity index is 1.50. The van der Waals surface area contributed by atoms with E-state index in [9.17, 15) is 14.9 Å². The minimum Gasteiger partial charge on any atom is -0.452 e. The largest absolute Gasteiger partial charge is 0.452 e. The molecule has 1 aliphatic carbocycles. The van der Waals surface area contributed by atoms with Crippen molar-refractivity contribution in [1.29, 1.82) is 0 Å². The van der Waals surface area contributed by atoms with Gasteiger partial charge in [-0.2, -0.15) is 0 Å². The number of esters is 1. The van der Waals surface area contributed by atoms with Gasteiger partial charge < -0.3 is 9.64 Å². The maximum atomic E-state index is 12.7. The highest BCUT2D eigenvalue weighted by molar-refractivity contribution is 5.89. The van der Waals surface area contributed by atoms with Crippen molar-refractivity contribution in [3.8, 4) is 0 Å². The lowest BCUT2D eigenvalue weighted by atomic mass is 10.0. The molecule has 0 amide bonds. The van der Waals surface area contributed by atoms with Gasteiger partial charge in [-0.1, -0.05) is 6.92 Å². The molecule has 2 aromatic rings. The maximum absolute atomic E-state index is 12.7. The molecule has 1 fully saturated rings. The monoisotopic (exact) mass is 439 g/mol. The average Bonchev–Trinajstić information content (AvgIpc) is 3.08. The van der Waals surface area contributed by atoms with Gasteiger partial charge in [-0.25, -0.2) is 14.8 Å². The number of hydrogen-bond acceptors (Lipinski definition) is 8. The van der Waals surface area contributed by atoms with E-state index >= 15 is 0 Å². The maximum Gasteiger partial charge on any atom is 0.338 e. The van der Waals surface area contributed by atoms with Gasteiger partial charge in [0, 0.05) is 49.4 Å². The van der Waals surface area contributed by atoms with E-state index in [0.717, 1.165) is 43.3 Å². The molecule has 0 saturated carbocycles. The quantitative estimate of drug-likeness (QED) is 0.404. The third-order valence-electron chi connectivity index (χ3n) is 6.35. The number of piperazine rings is 1. The van der Waals surface area contributed by atoms with Crippen molar-refractivity contribution in [3.05, 3.63) is 57.5 Å². The van der Waals surface area contributed by atoms with Gasteiger partial charge in [0.25, 0.3) is 5.69 Å². The molecule has 9 heteroatoms. The van der Waals surface area contributed by atoms with Gasteiger partial charge in [0.05, 0.1) is 16.2 Å². The summed E-state index contributed by atoms with van der Waals surface area (Å²) in [5.41, 5.74) is 2.17. The summed E-state index contributed by atoms with van der Waals surface area (Å²) in [6.07, 6.45) is 1.73. The predicted octanol–water partition coefficient (Wildman–Crippen LogP) is 3.71.